The number of hydrogen-bond acceptors (Lipinski definition) is 10. The van der Waals surface area contributed by atoms with E-state index in [1.807, 2.05) is 102 Å². The molecule has 4 saturated heterocycles. The van der Waals surface area contributed by atoms with Gasteiger partial charge in [-0.1, -0.05) is 195 Å². The summed E-state index contributed by atoms with van der Waals surface area (Å²) < 4.78 is 0. The van der Waals surface area contributed by atoms with Crippen LogP contribution in [0.2, 0.25) is 0 Å². The summed E-state index contributed by atoms with van der Waals surface area (Å²) in [5.41, 5.74) is 9.19. The van der Waals surface area contributed by atoms with E-state index >= 15 is 0 Å². The van der Waals surface area contributed by atoms with Crippen molar-refractivity contribution in [2.75, 3.05) is 52.4 Å². The average Bonchev–Trinajstić information content (AvgIpc) is 1.66. The highest BCUT2D eigenvalue weighted by Crippen LogP contribution is 2.47. The van der Waals surface area contributed by atoms with Crippen LogP contribution < -0.4 is 31.9 Å². The van der Waals surface area contributed by atoms with Crippen LogP contribution in [0, 0.1) is 35.5 Å². The number of hydrogen-bond donors (Lipinski definition) is 6. The van der Waals surface area contributed by atoms with Crippen molar-refractivity contribution in [2.24, 2.45) is 35.5 Å². The monoisotopic (exact) mass is 1570 g/mol. The van der Waals surface area contributed by atoms with Crippen molar-refractivity contribution in [1.29, 1.82) is 0 Å². The first kappa shape index (κ1) is 78.0. The van der Waals surface area contributed by atoms with Gasteiger partial charge in [0.1, 0.15) is 0 Å². The molecule has 20 nitrogen and oxygen atoms in total. The van der Waals surface area contributed by atoms with Gasteiger partial charge in [-0.15, -0.1) is 0 Å². The minimum atomic E-state index is -0.685. The van der Waals surface area contributed by atoms with Gasteiger partial charge in [-0.25, -0.2) is 0 Å². The van der Waals surface area contributed by atoms with Gasteiger partial charge in [-0.05, 0) is 153 Å². The van der Waals surface area contributed by atoms with Gasteiger partial charge in [0.2, 0.25) is 35.4 Å². The molecule has 20 heteroatoms. The van der Waals surface area contributed by atoms with Crippen molar-refractivity contribution in [1.82, 2.24) is 51.5 Å². The van der Waals surface area contributed by atoms with Crippen LogP contribution in [0.25, 0.3) is 0 Å². The Balaban J connectivity index is 0.000000142. The van der Waals surface area contributed by atoms with Crippen molar-refractivity contribution < 1.29 is 47.9 Å². The molecule has 117 heavy (non-hydrogen) atoms. The van der Waals surface area contributed by atoms with Crippen molar-refractivity contribution in [3.8, 4) is 0 Å². The molecular weight excluding hydrogens is 1470 g/mol. The van der Waals surface area contributed by atoms with Crippen LogP contribution in [-0.4, -0.2) is 167 Å². The van der Waals surface area contributed by atoms with Gasteiger partial charge in [-0.2, -0.15) is 0 Å². The minimum absolute atomic E-state index is 0.000184. The first-order chi connectivity index (χ1) is 57.1. The highest BCUT2D eigenvalue weighted by atomic mass is 16.2. The van der Waals surface area contributed by atoms with E-state index in [1.165, 1.54) is 46.2 Å². The van der Waals surface area contributed by atoms with Gasteiger partial charge in [0.05, 0.1) is 29.6 Å². The van der Waals surface area contributed by atoms with Crippen molar-refractivity contribution >= 4 is 59.1 Å². The molecule has 10 amide bonds. The minimum Gasteiger partial charge on any atom is -0.352 e. The lowest BCUT2D eigenvalue weighted by Gasteiger charge is -2.18. The summed E-state index contributed by atoms with van der Waals surface area (Å²) >= 11 is 0. The number of rotatable bonds is 22. The van der Waals surface area contributed by atoms with Crippen LogP contribution >= 0.6 is 0 Å². The molecule has 7 saturated carbocycles. The first-order valence-corrected chi connectivity index (χ1v) is 42.6. The third-order valence-corrected chi connectivity index (χ3v) is 26.4. The second-order valence-corrected chi connectivity index (χ2v) is 34.4. The molecule has 4 aliphatic heterocycles. The van der Waals surface area contributed by atoms with Gasteiger partial charge >= 0.3 is 0 Å². The molecule has 602 valence electrons. The van der Waals surface area contributed by atoms with E-state index in [-0.39, 0.29) is 139 Å². The van der Waals surface area contributed by atoms with E-state index in [4.69, 9.17) is 0 Å². The lowest BCUT2D eigenvalue weighted by molar-refractivity contribution is -0.133. The summed E-state index contributed by atoms with van der Waals surface area (Å²) in [6.45, 7) is 2.98. The molecule has 7 aliphatic carbocycles. The average molecular weight is 1570 g/mol. The summed E-state index contributed by atoms with van der Waals surface area (Å²) in [5, 5.41) is 19.1. The van der Waals surface area contributed by atoms with E-state index in [2.05, 4.69) is 117 Å². The van der Waals surface area contributed by atoms with Gasteiger partial charge in [0.15, 0.2) is 0 Å². The van der Waals surface area contributed by atoms with E-state index < -0.39 is 23.7 Å². The quantitative estimate of drug-likeness (QED) is 0.0374. The summed E-state index contributed by atoms with van der Waals surface area (Å²) in [5.74, 6) is -1.85. The number of nitrogens with zero attached hydrogens (tertiary/aromatic N) is 4. The van der Waals surface area contributed by atoms with Crippen LogP contribution in [0.1, 0.15) is 194 Å². The number of likely N-dealkylation sites (tertiary alicyclic amines) is 4. The molecule has 0 radical (unpaired) electrons. The Hall–Kier alpha value is -11.5. The Morgan fingerprint density at radius 3 is 0.718 bits per heavy atom. The maximum atomic E-state index is 13.9. The van der Waals surface area contributed by atoms with Crippen LogP contribution in [0.3, 0.4) is 0 Å². The Labute approximate surface area is 684 Å². The molecule has 0 bridgehead atoms. The Bertz CT molecular complexity index is 4770. The standard InChI is InChI=1S/C46H47N5O5.C36H38N4O4.C15H19NO/c52-42(47-39-22-34(39)28-10-4-1-5-11-28)33-20-21-50(25-33)45(55)31-16-18-32(19-17-31)46(56)51-26-37(43(53)48-40-23-35(40)29-12-6-2-7-13-29)38(27-51)44(54)49-41-24-36(41)30-14-8-3-9-15-30;41-33(37-31-19-27(31)23-9-3-1-4-10-23)29-21-40(22-30(29)34(42)38-32-20-28(32)24-11-5-2-6-12-24)36(44)26-15-13-25(14-16-26)35(43)39-17-7-8-18-39;17-15(12-8-4-5-9-12)16-14-10-13(14)11-6-2-1-3-7-11/h1-19,33-41H,20-27H2,(H,47,52)(H,48,53)(H,49,54);1-6,9-16,27-32H,7-8,17-22H2,(H,37,41)(H,38,42);1-3,6-7,12-14H,4-5,8-10H2,(H,16,17)/t33-,34+,35+,36+,37+,38+,39-,40-,41-;27-,28-,29-,30-,31+,32+;13-,14+/m011/s1. The van der Waals surface area contributed by atoms with Crippen LogP contribution in [0.5, 0.6) is 0 Å². The molecule has 6 N–H and O–H groups in total. The Morgan fingerprint density at radius 1 is 0.222 bits per heavy atom. The molecule has 19 rings (SSSR count). The van der Waals surface area contributed by atoms with Gasteiger partial charge in [0, 0.05) is 152 Å². The highest BCUT2D eigenvalue weighted by Gasteiger charge is 2.52. The van der Waals surface area contributed by atoms with E-state index in [9.17, 15) is 47.9 Å². The van der Waals surface area contributed by atoms with Crippen LogP contribution in [-0.2, 0) is 28.8 Å². The van der Waals surface area contributed by atoms with Crippen molar-refractivity contribution in [2.45, 2.75) is 155 Å². The maximum Gasteiger partial charge on any atom is 0.253 e. The SMILES string of the molecule is O=C(N[C@H]1C[C@@H]1c1ccccc1)C1CCCC1.O=C(N[C@H]1C[C@@H]1c1ccccc1)[C@@H]1CN(C(=O)c2ccc(C(=O)N3CCCC3)cc2)C[C@H]1C(=O)N[C@H]1C[C@@H]1c1ccccc1.O=C(N[C@H]1C[C@@H]1c1ccccc1)[C@H]1CCN(C(=O)c2ccc(C(=O)N3C[C@@H](C(=O)N[C@H]4C[C@@H]4c4ccccc4)[C@H](C(=O)N[C@H]4C[C@@H]4c4ccccc4)C3)cc2)C1. The molecule has 17 atom stereocenters. The molecule has 8 aromatic rings. The van der Waals surface area contributed by atoms with Gasteiger partial charge in [-0.3, -0.25) is 47.9 Å². The Kier molecular flexibility index (Phi) is 23.1. The smallest absolute Gasteiger partial charge is 0.253 e. The summed E-state index contributed by atoms with van der Waals surface area (Å²) in [7, 11) is 0. The second kappa shape index (κ2) is 34.7. The fourth-order valence-electron chi connectivity index (χ4n) is 18.8. The maximum absolute atomic E-state index is 13.9. The molecule has 0 spiro atoms. The molecule has 11 aliphatic rings. The van der Waals surface area contributed by atoms with Crippen LogP contribution in [0.4, 0.5) is 0 Å². The number of carbonyl (C=O) groups excluding carboxylic acids is 10. The number of amides is 10. The topological polar surface area (TPSA) is 256 Å². The fraction of sp³-hybridized carbons (Fsp3) is 0.402. The van der Waals surface area contributed by atoms with Gasteiger partial charge in [0.25, 0.3) is 23.6 Å². The lowest BCUT2D eigenvalue weighted by Crippen LogP contribution is -2.43. The highest BCUT2D eigenvalue weighted by molar-refractivity contribution is 6.01. The number of benzene rings is 8. The molecule has 0 unspecified atom stereocenters. The third kappa shape index (κ3) is 18.5. The van der Waals surface area contributed by atoms with Crippen molar-refractivity contribution in [3.05, 3.63) is 286 Å². The van der Waals surface area contributed by atoms with E-state index in [1.54, 1.807) is 63.2 Å². The zero-order chi connectivity index (χ0) is 80.2. The first-order valence-electron chi connectivity index (χ1n) is 42.6. The zero-order valence-corrected chi connectivity index (χ0v) is 66.1. The Morgan fingerprint density at radius 2 is 0.453 bits per heavy atom. The predicted octanol–water partition coefficient (Wildman–Crippen LogP) is 11.7. The summed E-state index contributed by atoms with van der Waals surface area (Å²) in [4.78, 5) is 141. The second-order valence-electron chi connectivity index (χ2n) is 34.4. The lowest BCUT2D eigenvalue weighted by atomic mass is 9.94. The van der Waals surface area contributed by atoms with E-state index in [0.717, 1.165) is 77.3 Å². The number of nitrogens with one attached hydrogen (secondary N) is 6. The number of carbonyl (C=O) groups is 10. The molecule has 8 aromatic carbocycles. The van der Waals surface area contributed by atoms with Crippen LogP contribution in [0.15, 0.2) is 231 Å². The third-order valence-electron chi connectivity index (χ3n) is 26.4. The molecule has 0 aromatic heterocycles. The predicted molar refractivity (Wildman–Crippen MR) is 444 cm³/mol. The van der Waals surface area contributed by atoms with Gasteiger partial charge < -0.3 is 51.5 Å². The normalized spacial score (nSPS) is 27.9. The largest absolute Gasteiger partial charge is 0.352 e. The molecular formula is C97H104N10O10. The summed E-state index contributed by atoms with van der Waals surface area (Å²) in [6, 6.07) is 75.1. The van der Waals surface area contributed by atoms with Crippen molar-refractivity contribution in [3.63, 3.8) is 0 Å². The fourth-order valence-corrected chi connectivity index (χ4v) is 18.8. The molecule has 11 fully saturated rings. The zero-order valence-electron chi connectivity index (χ0n) is 66.1. The summed E-state index contributed by atoms with van der Waals surface area (Å²) in [6.07, 6.45) is 12.7. The molecule has 4 heterocycles. The van der Waals surface area contributed by atoms with E-state index in [0.29, 0.717) is 71.5 Å².